The third-order valence-corrected chi connectivity index (χ3v) is 4.68. The van der Waals surface area contributed by atoms with Gasteiger partial charge in [-0.25, -0.2) is 9.50 Å². The van der Waals surface area contributed by atoms with E-state index in [0.717, 1.165) is 40.2 Å². The molecule has 0 saturated carbocycles. The van der Waals surface area contributed by atoms with E-state index in [-0.39, 0.29) is 1.43 Å². The second-order valence-electron chi connectivity index (χ2n) is 6.54. The van der Waals surface area contributed by atoms with E-state index in [1.54, 1.807) is 0 Å². The largest absolute Gasteiger partial charge is 0.329 e. The van der Waals surface area contributed by atoms with Gasteiger partial charge in [0.1, 0.15) is 0 Å². The molecule has 0 aliphatic heterocycles. The first kappa shape index (κ1) is 16.5. The molecule has 5 aromatic rings. The molecule has 28 heavy (non-hydrogen) atoms. The maximum Gasteiger partial charge on any atom is 0.247 e. The van der Waals surface area contributed by atoms with Crippen molar-refractivity contribution in [1.29, 1.82) is 0 Å². The SMILES string of the molecule is NCCn1cnc2cc(-c3cccc4nc(Nc5ccccc5)nn34)ccc21.[HH]. The topological polar surface area (TPSA) is 86.1 Å². The fourth-order valence-corrected chi connectivity index (χ4v) is 3.37. The maximum absolute atomic E-state index is 5.68. The Balaban J connectivity index is 0.00000205. The van der Waals surface area contributed by atoms with E-state index < -0.39 is 0 Å². The van der Waals surface area contributed by atoms with Crippen molar-refractivity contribution >= 4 is 28.3 Å². The molecule has 0 unspecified atom stereocenters. The lowest BCUT2D eigenvalue weighted by atomic mass is 10.1. The number of nitrogens with one attached hydrogen (secondary N) is 1. The molecule has 140 valence electrons. The summed E-state index contributed by atoms with van der Waals surface area (Å²) in [4.78, 5) is 9.11. The van der Waals surface area contributed by atoms with Gasteiger partial charge >= 0.3 is 0 Å². The molecule has 0 bridgehead atoms. The highest BCUT2D eigenvalue weighted by Gasteiger charge is 2.11. The summed E-state index contributed by atoms with van der Waals surface area (Å²) in [5, 5.41) is 7.90. The Labute approximate surface area is 162 Å². The van der Waals surface area contributed by atoms with Crippen LogP contribution in [0.1, 0.15) is 1.43 Å². The lowest BCUT2D eigenvalue weighted by molar-refractivity contribution is 0.728. The Kier molecular flexibility index (Phi) is 3.99. The van der Waals surface area contributed by atoms with Crippen molar-refractivity contribution in [2.75, 3.05) is 11.9 Å². The lowest BCUT2D eigenvalue weighted by Gasteiger charge is -2.05. The summed E-state index contributed by atoms with van der Waals surface area (Å²) in [6.07, 6.45) is 1.83. The number of pyridine rings is 1. The zero-order valence-electron chi connectivity index (χ0n) is 15.2. The minimum absolute atomic E-state index is 0. The normalized spacial score (nSPS) is 11.3. The van der Waals surface area contributed by atoms with Crippen LogP contribution in [0, 0.1) is 0 Å². The minimum Gasteiger partial charge on any atom is -0.329 e. The van der Waals surface area contributed by atoms with E-state index in [0.29, 0.717) is 12.5 Å². The zero-order chi connectivity index (χ0) is 18.9. The molecule has 0 aliphatic carbocycles. The molecule has 7 heteroatoms. The highest BCUT2D eigenvalue weighted by atomic mass is 15.4. The first-order valence-corrected chi connectivity index (χ1v) is 9.15. The van der Waals surface area contributed by atoms with E-state index in [2.05, 4.69) is 43.1 Å². The maximum atomic E-state index is 5.68. The molecule has 0 aliphatic rings. The molecule has 3 N–H and O–H groups in total. The molecule has 5 rings (SSSR count). The Bertz CT molecular complexity index is 1260. The number of aromatic nitrogens is 5. The zero-order valence-corrected chi connectivity index (χ0v) is 15.2. The molecule has 0 saturated heterocycles. The molecule has 3 heterocycles. The third-order valence-electron chi connectivity index (χ3n) is 4.68. The monoisotopic (exact) mass is 371 g/mol. The van der Waals surface area contributed by atoms with Gasteiger partial charge in [-0.05, 0) is 36.4 Å². The van der Waals surface area contributed by atoms with Gasteiger partial charge in [0.25, 0.3) is 0 Å². The summed E-state index contributed by atoms with van der Waals surface area (Å²) < 4.78 is 3.92. The van der Waals surface area contributed by atoms with Gasteiger partial charge in [0.05, 0.1) is 23.1 Å². The van der Waals surface area contributed by atoms with E-state index in [4.69, 9.17) is 5.73 Å². The molecular formula is C21H21N7. The molecule has 0 fully saturated rings. The smallest absolute Gasteiger partial charge is 0.247 e. The van der Waals surface area contributed by atoms with Gasteiger partial charge in [-0.1, -0.05) is 30.3 Å². The molecule has 2 aromatic carbocycles. The van der Waals surface area contributed by atoms with Crippen LogP contribution in [0.2, 0.25) is 0 Å². The van der Waals surface area contributed by atoms with Gasteiger partial charge < -0.3 is 15.6 Å². The summed E-state index contributed by atoms with van der Waals surface area (Å²) in [5.41, 5.74) is 11.4. The van der Waals surface area contributed by atoms with Crippen LogP contribution < -0.4 is 11.1 Å². The van der Waals surface area contributed by atoms with Crippen LogP contribution in [0.15, 0.2) is 73.1 Å². The van der Waals surface area contributed by atoms with E-state index in [9.17, 15) is 0 Å². The molecular weight excluding hydrogens is 350 g/mol. The van der Waals surface area contributed by atoms with Gasteiger partial charge in [-0.3, -0.25) is 0 Å². The van der Waals surface area contributed by atoms with Crippen LogP contribution in [0.5, 0.6) is 0 Å². The van der Waals surface area contributed by atoms with Gasteiger partial charge in [0, 0.05) is 25.8 Å². The van der Waals surface area contributed by atoms with E-state index in [1.807, 2.05) is 59.4 Å². The van der Waals surface area contributed by atoms with Crippen LogP contribution in [-0.2, 0) is 6.54 Å². The van der Waals surface area contributed by atoms with Gasteiger partial charge in [0.2, 0.25) is 5.95 Å². The standard InChI is InChI=1S/C21H19N7.H2/c22-11-12-27-14-23-17-13-15(9-10-19(17)27)18-7-4-8-20-25-21(26-28(18)20)24-16-5-2-1-3-6-16;/h1-10,13-14H,11-12,22H2,(H,24,26);1H. The molecule has 7 nitrogen and oxygen atoms in total. The van der Waals surface area contributed by atoms with Crippen LogP contribution in [0.25, 0.3) is 27.9 Å². The predicted molar refractivity (Wildman–Crippen MR) is 113 cm³/mol. The van der Waals surface area contributed by atoms with E-state index >= 15 is 0 Å². The number of fused-ring (bicyclic) bond motifs is 2. The predicted octanol–water partition coefficient (Wildman–Crippen LogP) is 3.69. The molecule has 0 atom stereocenters. The number of para-hydroxylation sites is 1. The number of benzene rings is 2. The summed E-state index contributed by atoms with van der Waals surface area (Å²) in [5.74, 6) is 0.562. The summed E-state index contributed by atoms with van der Waals surface area (Å²) >= 11 is 0. The average molecular weight is 371 g/mol. The number of imidazole rings is 1. The lowest BCUT2D eigenvalue weighted by Crippen LogP contribution is -2.08. The number of rotatable bonds is 5. The van der Waals surface area contributed by atoms with Gasteiger partial charge in [-0.2, -0.15) is 4.98 Å². The average Bonchev–Trinajstić information content (AvgIpc) is 3.32. The Morgan fingerprint density at radius 1 is 1.00 bits per heavy atom. The van der Waals surface area contributed by atoms with Crippen molar-refractivity contribution in [3.8, 4) is 11.3 Å². The highest BCUT2D eigenvalue weighted by Crippen LogP contribution is 2.25. The van der Waals surface area contributed by atoms with Gasteiger partial charge in [0.15, 0.2) is 5.65 Å². The van der Waals surface area contributed by atoms with Crippen molar-refractivity contribution in [3.05, 3.63) is 73.1 Å². The fourth-order valence-electron chi connectivity index (χ4n) is 3.37. The summed E-state index contributed by atoms with van der Waals surface area (Å²) in [6.45, 7) is 1.34. The van der Waals surface area contributed by atoms with Crippen molar-refractivity contribution in [1.82, 2.24) is 24.1 Å². The van der Waals surface area contributed by atoms with Crippen molar-refractivity contribution in [3.63, 3.8) is 0 Å². The quantitative estimate of drug-likeness (QED) is 0.492. The van der Waals surface area contributed by atoms with Crippen molar-refractivity contribution in [2.24, 2.45) is 5.73 Å². The van der Waals surface area contributed by atoms with Crippen LogP contribution in [-0.4, -0.2) is 30.7 Å². The highest BCUT2D eigenvalue weighted by molar-refractivity contribution is 5.81. The number of nitrogens with zero attached hydrogens (tertiary/aromatic N) is 5. The van der Waals surface area contributed by atoms with Crippen LogP contribution in [0.4, 0.5) is 11.6 Å². The number of nitrogens with two attached hydrogens (primary N) is 1. The summed E-state index contributed by atoms with van der Waals surface area (Å²) in [7, 11) is 0. The molecule has 0 spiro atoms. The first-order chi connectivity index (χ1) is 13.8. The second kappa shape index (κ2) is 6.79. The first-order valence-electron chi connectivity index (χ1n) is 9.15. The number of hydrogen-bond acceptors (Lipinski definition) is 5. The second-order valence-corrected chi connectivity index (χ2v) is 6.54. The number of hydrogen-bond donors (Lipinski definition) is 2. The third kappa shape index (κ3) is 2.87. The van der Waals surface area contributed by atoms with E-state index in [1.165, 1.54) is 0 Å². The van der Waals surface area contributed by atoms with Crippen molar-refractivity contribution in [2.45, 2.75) is 6.54 Å². The Morgan fingerprint density at radius 2 is 1.89 bits per heavy atom. The number of anilines is 2. The van der Waals surface area contributed by atoms with Crippen LogP contribution >= 0.6 is 0 Å². The van der Waals surface area contributed by atoms with Crippen LogP contribution in [0.3, 0.4) is 0 Å². The Hall–Kier alpha value is -3.71. The minimum atomic E-state index is 0. The van der Waals surface area contributed by atoms with Gasteiger partial charge in [-0.15, -0.1) is 5.10 Å². The molecule has 0 radical (unpaired) electrons. The van der Waals surface area contributed by atoms with Crippen molar-refractivity contribution < 1.29 is 1.43 Å². The summed E-state index contributed by atoms with van der Waals surface area (Å²) in [6, 6.07) is 22.1. The molecule has 3 aromatic heterocycles. The fraction of sp³-hybridized carbons (Fsp3) is 0.0952. The Morgan fingerprint density at radius 3 is 2.75 bits per heavy atom. The molecule has 0 amide bonds.